The van der Waals surface area contributed by atoms with Crippen molar-refractivity contribution in [3.63, 3.8) is 0 Å². The molecule has 0 radical (unpaired) electrons. The van der Waals surface area contributed by atoms with Gasteiger partial charge >= 0.3 is 0 Å². The van der Waals surface area contributed by atoms with Crippen LogP contribution >= 0.6 is 0 Å². The van der Waals surface area contributed by atoms with Gasteiger partial charge in [0, 0.05) is 18.3 Å². The molecule has 2 unspecified atom stereocenters. The topological polar surface area (TPSA) is 66.0 Å². The van der Waals surface area contributed by atoms with E-state index in [9.17, 15) is 0 Å². The summed E-state index contributed by atoms with van der Waals surface area (Å²) in [5.74, 6) is 1.90. The smallest absolute Gasteiger partial charge is 0.140 e. The summed E-state index contributed by atoms with van der Waals surface area (Å²) in [4.78, 5) is 7.16. The number of anilines is 1. The molecule has 1 aliphatic heterocycles. The molecule has 1 aromatic heterocycles. The molecule has 1 aliphatic carbocycles. The Kier molecular flexibility index (Phi) is 3.40. The summed E-state index contributed by atoms with van der Waals surface area (Å²) in [5, 5.41) is 7.89. The molecule has 0 spiro atoms. The van der Waals surface area contributed by atoms with Crippen molar-refractivity contribution in [3.8, 4) is 0 Å². The average Bonchev–Trinajstić information content (AvgIpc) is 2.80. The molecule has 2 aliphatic rings. The SMILES string of the molecule is Cc1cc(C)c(C(=N)N)c(N2CCC3CCCCC32)n1. The van der Waals surface area contributed by atoms with Crippen LogP contribution in [0.5, 0.6) is 0 Å². The predicted octanol–water partition coefficient (Wildman–Crippen LogP) is 2.75. The first-order valence-corrected chi connectivity index (χ1v) is 7.67. The van der Waals surface area contributed by atoms with E-state index in [0.29, 0.717) is 6.04 Å². The van der Waals surface area contributed by atoms with Gasteiger partial charge in [0.1, 0.15) is 11.7 Å². The summed E-state index contributed by atoms with van der Waals surface area (Å²) in [6, 6.07) is 2.63. The fourth-order valence-corrected chi connectivity index (χ4v) is 4.03. The quantitative estimate of drug-likeness (QED) is 0.642. The molecule has 4 nitrogen and oxygen atoms in total. The number of hydrogen-bond donors (Lipinski definition) is 2. The van der Waals surface area contributed by atoms with Gasteiger partial charge in [-0.25, -0.2) is 4.98 Å². The number of aryl methyl sites for hydroxylation is 2. The lowest BCUT2D eigenvalue weighted by molar-refractivity contribution is 0.341. The number of fused-ring (bicyclic) bond motifs is 1. The first-order chi connectivity index (χ1) is 9.58. The molecular weight excluding hydrogens is 248 g/mol. The zero-order chi connectivity index (χ0) is 14.3. The van der Waals surface area contributed by atoms with Gasteiger partial charge in [-0.05, 0) is 50.7 Å². The number of nitrogens with one attached hydrogen (secondary N) is 1. The third-order valence-corrected chi connectivity index (χ3v) is 4.88. The number of pyridine rings is 1. The van der Waals surface area contributed by atoms with Crippen molar-refractivity contribution in [2.75, 3.05) is 11.4 Å². The highest BCUT2D eigenvalue weighted by molar-refractivity contribution is 6.01. The van der Waals surface area contributed by atoms with Gasteiger partial charge < -0.3 is 10.6 Å². The van der Waals surface area contributed by atoms with Crippen molar-refractivity contribution in [1.82, 2.24) is 4.98 Å². The van der Waals surface area contributed by atoms with Crippen LogP contribution in [0, 0.1) is 25.2 Å². The standard InChI is InChI=1S/C16H24N4/c1-10-9-11(2)19-16(14(10)15(17)18)20-8-7-12-5-3-4-6-13(12)20/h9,12-13H,3-8H2,1-2H3,(H3,17,18). The third-order valence-electron chi connectivity index (χ3n) is 4.88. The number of aromatic nitrogens is 1. The van der Waals surface area contributed by atoms with Gasteiger partial charge in [0.15, 0.2) is 0 Å². The van der Waals surface area contributed by atoms with Crippen LogP contribution in [-0.2, 0) is 0 Å². The number of hydrogen-bond acceptors (Lipinski definition) is 3. The van der Waals surface area contributed by atoms with E-state index in [1.807, 2.05) is 19.9 Å². The normalized spacial score (nSPS) is 25.6. The predicted molar refractivity (Wildman–Crippen MR) is 82.4 cm³/mol. The second kappa shape index (κ2) is 5.08. The molecular formula is C16H24N4. The van der Waals surface area contributed by atoms with Crippen molar-refractivity contribution >= 4 is 11.7 Å². The van der Waals surface area contributed by atoms with Crippen molar-refractivity contribution < 1.29 is 0 Å². The van der Waals surface area contributed by atoms with Crippen LogP contribution in [0.15, 0.2) is 6.07 Å². The van der Waals surface area contributed by atoms with Crippen LogP contribution < -0.4 is 10.6 Å². The highest BCUT2D eigenvalue weighted by Crippen LogP contribution is 2.39. The van der Waals surface area contributed by atoms with E-state index in [1.165, 1.54) is 32.1 Å². The Balaban J connectivity index is 2.03. The van der Waals surface area contributed by atoms with Gasteiger partial charge in [0.05, 0.1) is 5.56 Å². The van der Waals surface area contributed by atoms with Gasteiger partial charge in [0.2, 0.25) is 0 Å². The molecule has 1 saturated heterocycles. The molecule has 3 N–H and O–H groups in total. The Morgan fingerprint density at radius 3 is 2.80 bits per heavy atom. The Hall–Kier alpha value is -1.58. The van der Waals surface area contributed by atoms with Crippen LogP contribution in [0.4, 0.5) is 5.82 Å². The molecule has 108 valence electrons. The fraction of sp³-hybridized carbons (Fsp3) is 0.625. The molecule has 3 rings (SSSR count). The van der Waals surface area contributed by atoms with E-state index in [0.717, 1.165) is 35.1 Å². The van der Waals surface area contributed by atoms with Gasteiger partial charge in [-0.15, -0.1) is 0 Å². The van der Waals surface area contributed by atoms with E-state index in [-0.39, 0.29) is 5.84 Å². The van der Waals surface area contributed by atoms with E-state index in [4.69, 9.17) is 16.1 Å². The summed E-state index contributed by atoms with van der Waals surface area (Å²) in [7, 11) is 0. The van der Waals surface area contributed by atoms with E-state index in [1.54, 1.807) is 0 Å². The minimum atomic E-state index is 0.143. The Labute approximate surface area is 120 Å². The number of amidine groups is 1. The first-order valence-electron chi connectivity index (χ1n) is 7.67. The third kappa shape index (κ3) is 2.17. The average molecular weight is 272 g/mol. The van der Waals surface area contributed by atoms with E-state index >= 15 is 0 Å². The minimum Gasteiger partial charge on any atom is -0.384 e. The largest absolute Gasteiger partial charge is 0.384 e. The van der Waals surface area contributed by atoms with Crippen LogP contribution in [0.3, 0.4) is 0 Å². The second-order valence-electron chi connectivity index (χ2n) is 6.29. The van der Waals surface area contributed by atoms with Crippen molar-refractivity contribution in [2.45, 2.75) is 52.0 Å². The number of rotatable bonds is 2. The van der Waals surface area contributed by atoms with Crippen LogP contribution in [0.2, 0.25) is 0 Å². The van der Waals surface area contributed by atoms with Gasteiger partial charge in [-0.3, -0.25) is 5.41 Å². The van der Waals surface area contributed by atoms with Crippen LogP contribution in [0.1, 0.15) is 48.9 Å². The maximum atomic E-state index is 7.89. The summed E-state index contributed by atoms with van der Waals surface area (Å²) in [6.45, 7) is 5.11. The first kappa shape index (κ1) is 13.4. The summed E-state index contributed by atoms with van der Waals surface area (Å²) < 4.78 is 0. The van der Waals surface area contributed by atoms with Crippen LogP contribution in [-0.4, -0.2) is 23.4 Å². The Morgan fingerprint density at radius 1 is 1.30 bits per heavy atom. The van der Waals surface area contributed by atoms with E-state index in [2.05, 4.69) is 4.90 Å². The molecule has 2 atom stereocenters. The number of nitrogen functional groups attached to an aromatic ring is 1. The van der Waals surface area contributed by atoms with Gasteiger partial charge in [-0.2, -0.15) is 0 Å². The molecule has 0 aromatic carbocycles. The van der Waals surface area contributed by atoms with Gasteiger partial charge in [-0.1, -0.05) is 12.8 Å². The second-order valence-corrected chi connectivity index (χ2v) is 6.29. The summed E-state index contributed by atoms with van der Waals surface area (Å²) >= 11 is 0. The molecule has 2 fully saturated rings. The van der Waals surface area contributed by atoms with Crippen molar-refractivity contribution in [2.24, 2.45) is 11.7 Å². The molecule has 2 heterocycles. The summed E-state index contributed by atoms with van der Waals surface area (Å²) in [6.07, 6.45) is 6.56. The van der Waals surface area contributed by atoms with Crippen LogP contribution in [0.25, 0.3) is 0 Å². The minimum absolute atomic E-state index is 0.143. The molecule has 20 heavy (non-hydrogen) atoms. The number of nitrogens with zero attached hydrogens (tertiary/aromatic N) is 2. The van der Waals surface area contributed by atoms with Crippen molar-refractivity contribution in [1.29, 1.82) is 5.41 Å². The molecule has 0 bridgehead atoms. The Bertz CT molecular complexity index is 538. The van der Waals surface area contributed by atoms with E-state index < -0.39 is 0 Å². The van der Waals surface area contributed by atoms with Gasteiger partial charge in [0.25, 0.3) is 0 Å². The summed E-state index contributed by atoms with van der Waals surface area (Å²) in [5.41, 5.74) is 8.74. The lowest BCUT2D eigenvalue weighted by Gasteiger charge is -2.33. The monoisotopic (exact) mass is 272 g/mol. The highest BCUT2D eigenvalue weighted by atomic mass is 15.2. The lowest BCUT2D eigenvalue weighted by atomic mass is 9.85. The lowest BCUT2D eigenvalue weighted by Crippen LogP contribution is -2.37. The zero-order valence-electron chi connectivity index (χ0n) is 12.4. The molecule has 0 amide bonds. The molecule has 1 saturated carbocycles. The fourth-order valence-electron chi connectivity index (χ4n) is 4.03. The maximum Gasteiger partial charge on any atom is 0.140 e. The molecule has 4 heteroatoms. The van der Waals surface area contributed by atoms with Crippen molar-refractivity contribution in [3.05, 3.63) is 22.9 Å². The number of nitrogens with two attached hydrogens (primary N) is 1. The molecule has 1 aromatic rings. The Morgan fingerprint density at radius 2 is 2.05 bits per heavy atom. The zero-order valence-corrected chi connectivity index (χ0v) is 12.4. The highest BCUT2D eigenvalue weighted by Gasteiger charge is 2.37. The maximum absolute atomic E-state index is 7.89.